The van der Waals surface area contributed by atoms with Gasteiger partial charge < -0.3 is 10.4 Å². The zero-order chi connectivity index (χ0) is 13.8. The van der Waals surface area contributed by atoms with Gasteiger partial charge in [-0.1, -0.05) is 0 Å². The van der Waals surface area contributed by atoms with Gasteiger partial charge in [0.05, 0.1) is 0 Å². The number of carbonyl (C=O) groups excluding carboxylic acids is 1. The van der Waals surface area contributed by atoms with Crippen molar-refractivity contribution in [3.05, 3.63) is 35.1 Å². The molecule has 0 radical (unpaired) electrons. The number of carboxylic acid groups (broad SMARTS) is 1. The summed E-state index contributed by atoms with van der Waals surface area (Å²) in [5, 5.41) is 11.5. The highest BCUT2D eigenvalue weighted by molar-refractivity contribution is 7.15. The van der Waals surface area contributed by atoms with Crippen LogP contribution in [0.5, 0.6) is 0 Å². The molecule has 6 nitrogen and oxygen atoms in total. The number of aryl methyl sites for hydroxylation is 1. The summed E-state index contributed by atoms with van der Waals surface area (Å²) in [5.74, 6) is -1.56. The number of nitrogens with zero attached hydrogens (tertiary/aromatic N) is 2. The fourth-order valence-electron chi connectivity index (χ4n) is 1.46. The van der Waals surface area contributed by atoms with Crippen LogP contribution in [0, 0.1) is 6.92 Å². The van der Waals surface area contributed by atoms with Crippen molar-refractivity contribution in [3.8, 4) is 10.6 Å². The molecular formula is C12H11N3O3S. The van der Waals surface area contributed by atoms with E-state index in [1.807, 2.05) is 0 Å². The Kier molecular flexibility index (Phi) is 3.86. The average Bonchev–Trinajstić information content (AvgIpc) is 2.79. The van der Waals surface area contributed by atoms with Crippen LogP contribution in [0.15, 0.2) is 24.5 Å². The summed E-state index contributed by atoms with van der Waals surface area (Å²) in [6.07, 6.45) is 3.30. The molecule has 2 aromatic heterocycles. The van der Waals surface area contributed by atoms with E-state index >= 15 is 0 Å². The maximum absolute atomic E-state index is 11.8. The van der Waals surface area contributed by atoms with Gasteiger partial charge in [-0.2, -0.15) is 0 Å². The maximum Gasteiger partial charge on any atom is 0.322 e. The Balaban J connectivity index is 2.22. The second-order valence-corrected chi connectivity index (χ2v) is 4.94. The van der Waals surface area contributed by atoms with E-state index in [2.05, 4.69) is 15.3 Å². The van der Waals surface area contributed by atoms with Crippen molar-refractivity contribution in [2.45, 2.75) is 6.92 Å². The number of carboxylic acids is 1. The maximum atomic E-state index is 11.8. The lowest BCUT2D eigenvalue weighted by atomic mass is 10.3. The summed E-state index contributed by atoms with van der Waals surface area (Å²) in [7, 11) is 0. The van der Waals surface area contributed by atoms with Gasteiger partial charge in [0, 0.05) is 22.8 Å². The summed E-state index contributed by atoms with van der Waals surface area (Å²) in [5.41, 5.74) is 1.14. The third-order valence-electron chi connectivity index (χ3n) is 2.34. The van der Waals surface area contributed by atoms with Gasteiger partial charge >= 0.3 is 5.97 Å². The molecule has 0 saturated heterocycles. The third-order valence-corrected chi connectivity index (χ3v) is 3.36. The molecule has 0 saturated carbocycles. The molecule has 0 spiro atoms. The molecule has 0 bridgehead atoms. The second-order valence-electron chi connectivity index (χ2n) is 3.74. The summed E-state index contributed by atoms with van der Waals surface area (Å²) in [6.45, 7) is 1.36. The van der Waals surface area contributed by atoms with Crippen LogP contribution in [0.3, 0.4) is 0 Å². The van der Waals surface area contributed by atoms with Gasteiger partial charge in [0.15, 0.2) is 0 Å². The Morgan fingerprint density at radius 2 is 2.05 bits per heavy atom. The molecule has 2 N–H and O–H groups in total. The molecule has 0 unspecified atom stereocenters. The van der Waals surface area contributed by atoms with E-state index in [-0.39, 0.29) is 5.69 Å². The molecule has 0 atom stereocenters. The van der Waals surface area contributed by atoms with Gasteiger partial charge in [-0.05, 0) is 19.1 Å². The van der Waals surface area contributed by atoms with E-state index in [4.69, 9.17) is 5.11 Å². The fourth-order valence-corrected chi connectivity index (χ4v) is 2.38. The van der Waals surface area contributed by atoms with E-state index in [1.165, 1.54) is 11.3 Å². The van der Waals surface area contributed by atoms with Crippen LogP contribution in [0.2, 0.25) is 0 Å². The number of hydrogen-bond donors (Lipinski definition) is 2. The van der Waals surface area contributed by atoms with E-state index in [0.29, 0.717) is 5.01 Å². The van der Waals surface area contributed by atoms with E-state index in [1.54, 1.807) is 31.5 Å². The van der Waals surface area contributed by atoms with E-state index < -0.39 is 18.4 Å². The summed E-state index contributed by atoms with van der Waals surface area (Å²) < 4.78 is 0. The molecule has 19 heavy (non-hydrogen) atoms. The highest BCUT2D eigenvalue weighted by atomic mass is 32.1. The van der Waals surface area contributed by atoms with Gasteiger partial charge in [0.2, 0.25) is 0 Å². The molecule has 0 aliphatic heterocycles. The number of amides is 1. The minimum Gasteiger partial charge on any atom is -0.480 e. The van der Waals surface area contributed by atoms with Crippen LogP contribution in [-0.2, 0) is 4.79 Å². The van der Waals surface area contributed by atoms with Crippen molar-refractivity contribution < 1.29 is 14.7 Å². The van der Waals surface area contributed by atoms with Gasteiger partial charge in [-0.15, -0.1) is 11.3 Å². The Hall–Kier alpha value is -2.28. The highest BCUT2D eigenvalue weighted by Crippen LogP contribution is 2.26. The van der Waals surface area contributed by atoms with Crippen LogP contribution in [0.25, 0.3) is 10.6 Å². The molecule has 98 valence electrons. The van der Waals surface area contributed by atoms with Crippen molar-refractivity contribution in [2.75, 3.05) is 6.54 Å². The van der Waals surface area contributed by atoms with Crippen LogP contribution < -0.4 is 5.32 Å². The Morgan fingerprint density at radius 1 is 1.37 bits per heavy atom. The molecule has 0 aliphatic rings. The van der Waals surface area contributed by atoms with Gasteiger partial charge in [0.1, 0.15) is 17.2 Å². The Labute approximate surface area is 113 Å². The fraction of sp³-hybridized carbons (Fsp3) is 0.167. The predicted molar refractivity (Wildman–Crippen MR) is 70.1 cm³/mol. The normalized spacial score (nSPS) is 10.2. The lowest BCUT2D eigenvalue weighted by Crippen LogP contribution is -2.29. The number of thiazole rings is 1. The van der Waals surface area contributed by atoms with Crippen molar-refractivity contribution >= 4 is 23.2 Å². The molecule has 0 aliphatic carbocycles. The minimum atomic E-state index is -1.09. The highest BCUT2D eigenvalue weighted by Gasteiger charge is 2.16. The molecule has 0 aromatic carbocycles. The number of nitrogens with one attached hydrogen (secondary N) is 1. The van der Waals surface area contributed by atoms with Gasteiger partial charge in [-0.25, -0.2) is 4.98 Å². The van der Waals surface area contributed by atoms with Crippen LogP contribution >= 0.6 is 11.3 Å². The van der Waals surface area contributed by atoms with Gasteiger partial charge in [0.25, 0.3) is 5.91 Å². The van der Waals surface area contributed by atoms with Crippen molar-refractivity contribution in [2.24, 2.45) is 0 Å². The molecule has 7 heteroatoms. The van der Waals surface area contributed by atoms with Crippen molar-refractivity contribution in [3.63, 3.8) is 0 Å². The number of pyridine rings is 1. The average molecular weight is 277 g/mol. The smallest absolute Gasteiger partial charge is 0.322 e. The number of hydrogen-bond acceptors (Lipinski definition) is 5. The first kappa shape index (κ1) is 13.2. The summed E-state index contributed by atoms with van der Waals surface area (Å²) in [4.78, 5) is 31.1. The zero-order valence-corrected chi connectivity index (χ0v) is 10.9. The molecule has 0 fully saturated rings. The number of carbonyl (C=O) groups is 2. The van der Waals surface area contributed by atoms with Crippen LogP contribution in [0.4, 0.5) is 0 Å². The summed E-state index contributed by atoms with van der Waals surface area (Å²) >= 11 is 1.38. The van der Waals surface area contributed by atoms with Crippen molar-refractivity contribution in [1.82, 2.24) is 15.3 Å². The number of rotatable bonds is 4. The first-order valence-corrected chi connectivity index (χ1v) is 6.27. The second kappa shape index (κ2) is 5.57. The van der Waals surface area contributed by atoms with E-state index in [9.17, 15) is 9.59 Å². The first-order chi connectivity index (χ1) is 9.08. The van der Waals surface area contributed by atoms with Crippen molar-refractivity contribution in [1.29, 1.82) is 0 Å². The predicted octanol–water partition coefficient (Wildman–Crippen LogP) is 1.33. The third kappa shape index (κ3) is 3.14. The van der Waals surface area contributed by atoms with Crippen LogP contribution in [0.1, 0.15) is 15.4 Å². The lowest BCUT2D eigenvalue weighted by Gasteiger charge is -1.99. The number of aromatic nitrogens is 2. The van der Waals surface area contributed by atoms with Gasteiger partial charge in [-0.3, -0.25) is 14.6 Å². The largest absolute Gasteiger partial charge is 0.480 e. The quantitative estimate of drug-likeness (QED) is 0.879. The molecule has 2 rings (SSSR count). The molecule has 2 aromatic rings. The molecule has 2 heterocycles. The standard InChI is InChI=1S/C12H11N3O3S/c1-7-10(11(18)14-6-9(16)17)15-12(19-7)8-2-4-13-5-3-8/h2-5H,6H2,1H3,(H,14,18)(H,16,17). The zero-order valence-electron chi connectivity index (χ0n) is 10.1. The molecule has 1 amide bonds. The molecular weight excluding hydrogens is 266 g/mol. The summed E-state index contributed by atoms with van der Waals surface area (Å²) in [6, 6.07) is 3.61. The van der Waals surface area contributed by atoms with Crippen LogP contribution in [-0.4, -0.2) is 33.5 Å². The Bertz CT molecular complexity index is 610. The monoisotopic (exact) mass is 277 g/mol. The first-order valence-electron chi connectivity index (χ1n) is 5.45. The lowest BCUT2D eigenvalue weighted by molar-refractivity contribution is -0.135. The minimum absolute atomic E-state index is 0.262. The van der Waals surface area contributed by atoms with E-state index in [0.717, 1.165) is 10.4 Å². The number of aliphatic carboxylic acids is 1. The topological polar surface area (TPSA) is 92.2 Å². The Morgan fingerprint density at radius 3 is 2.68 bits per heavy atom. The SMILES string of the molecule is Cc1sc(-c2ccncc2)nc1C(=O)NCC(=O)O.